The van der Waals surface area contributed by atoms with Gasteiger partial charge in [-0.1, -0.05) is 12.1 Å². The molecule has 0 unspecified atom stereocenters. The molecule has 2 rings (SSSR count). The molecule has 0 spiro atoms. The maximum Gasteiger partial charge on any atom is 0.252 e. The number of halogens is 1. The quantitative estimate of drug-likeness (QED) is 0.594. The molecule has 2 amide bonds. The first-order valence-corrected chi connectivity index (χ1v) is 7.57. The Morgan fingerprint density at radius 3 is 2.68 bits per heavy atom. The first-order chi connectivity index (χ1) is 9.16. The number of benzene rings is 1. The first kappa shape index (κ1) is 14.3. The van der Waals surface area contributed by atoms with Gasteiger partial charge in [-0.2, -0.15) is 0 Å². The van der Waals surface area contributed by atoms with Gasteiger partial charge in [0.05, 0.1) is 5.56 Å². The van der Waals surface area contributed by atoms with E-state index in [4.69, 9.17) is 0 Å². The van der Waals surface area contributed by atoms with Crippen molar-refractivity contribution < 1.29 is 9.59 Å². The van der Waals surface area contributed by atoms with Crippen molar-refractivity contribution >= 4 is 34.4 Å². The SMILES string of the molecule is O=C(CCCNC(=O)c1ccccc1I)NC1CC1. The summed E-state index contributed by atoms with van der Waals surface area (Å²) in [6.07, 6.45) is 3.36. The minimum absolute atomic E-state index is 0.0763. The fourth-order valence-corrected chi connectivity index (χ4v) is 2.35. The lowest BCUT2D eigenvalue weighted by Gasteiger charge is -2.07. The Hall–Kier alpha value is -1.11. The number of amides is 2. The Labute approximate surface area is 126 Å². The maximum absolute atomic E-state index is 11.9. The Morgan fingerprint density at radius 1 is 1.26 bits per heavy atom. The molecule has 1 aliphatic rings. The fourth-order valence-electron chi connectivity index (χ4n) is 1.72. The van der Waals surface area contributed by atoms with E-state index in [0.29, 0.717) is 31.0 Å². The van der Waals surface area contributed by atoms with Crippen LogP contribution in [0.2, 0.25) is 0 Å². The van der Waals surface area contributed by atoms with Crippen molar-refractivity contribution in [2.75, 3.05) is 6.54 Å². The number of hydrogen-bond donors (Lipinski definition) is 2. The van der Waals surface area contributed by atoms with E-state index >= 15 is 0 Å². The second-order valence-electron chi connectivity index (χ2n) is 4.68. The van der Waals surface area contributed by atoms with Crippen LogP contribution in [0.3, 0.4) is 0 Å². The summed E-state index contributed by atoms with van der Waals surface area (Å²) in [4.78, 5) is 23.3. The van der Waals surface area contributed by atoms with E-state index in [9.17, 15) is 9.59 Å². The highest BCUT2D eigenvalue weighted by atomic mass is 127. The second-order valence-corrected chi connectivity index (χ2v) is 5.84. The Kier molecular flexibility index (Phi) is 5.18. The van der Waals surface area contributed by atoms with Gasteiger partial charge < -0.3 is 10.6 Å². The number of hydrogen-bond acceptors (Lipinski definition) is 2. The summed E-state index contributed by atoms with van der Waals surface area (Å²) in [5, 5.41) is 5.77. The molecule has 102 valence electrons. The summed E-state index contributed by atoms with van der Waals surface area (Å²) in [6.45, 7) is 0.530. The number of rotatable bonds is 6. The molecule has 0 heterocycles. The molecular weight excluding hydrogens is 355 g/mol. The van der Waals surface area contributed by atoms with Crippen LogP contribution in [0.1, 0.15) is 36.0 Å². The average molecular weight is 372 g/mol. The van der Waals surface area contributed by atoms with E-state index in [-0.39, 0.29) is 11.8 Å². The van der Waals surface area contributed by atoms with Gasteiger partial charge in [-0.3, -0.25) is 9.59 Å². The van der Waals surface area contributed by atoms with Crippen molar-refractivity contribution in [2.24, 2.45) is 0 Å². The van der Waals surface area contributed by atoms with Crippen LogP contribution in [0.4, 0.5) is 0 Å². The summed E-state index contributed by atoms with van der Waals surface area (Å²) >= 11 is 2.14. The lowest BCUT2D eigenvalue weighted by molar-refractivity contribution is -0.121. The van der Waals surface area contributed by atoms with Crippen LogP contribution in [-0.4, -0.2) is 24.4 Å². The predicted molar refractivity (Wildman–Crippen MR) is 81.9 cm³/mol. The normalized spacial score (nSPS) is 13.9. The van der Waals surface area contributed by atoms with Crippen LogP contribution in [0.15, 0.2) is 24.3 Å². The van der Waals surface area contributed by atoms with E-state index in [1.54, 1.807) is 6.07 Å². The van der Waals surface area contributed by atoms with E-state index in [0.717, 1.165) is 16.4 Å². The molecule has 5 heteroatoms. The molecule has 1 fully saturated rings. The first-order valence-electron chi connectivity index (χ1n) is 6.49. The van der Waals surface area contributed by atoms with Gasteiger partial charge in [0.15, 0.2) is 0 Å². The van der Waals surface area contributed by atoms with E-state index in [1.165, 1.54) is 0 Å². The summed E-state index contributed by atoms with van der Waals surface area (Å²) in [6, 6.07) is 7.86. The molecule has 4 nitrogen and oxygen atoms in total. The topological polar surface area (TPSA) is 58.2 Å². The van der Waals surface area contributed by atoms with Crippen molar-refractivity contribution in [1.82, 2.24) is 10.6 Å². The highest BCUT2D eigenvalue weighted by Gasteiger charge is 2.22. The standard InChI is InChI=1S/C14H17IN2O2/c15-12-5-2-1-4-11(12)14(19)16-9-3-6-13(18)17-10-7-8-10/h1-2,4-5,10H,3,6-9H2,(H,16,19)(H,17,18). The van der Waals surface area contributed by atoms with E-state index in [1.807, 2.05) is 18.2 Å². The number of carbonyl (C=O) groups excluding carboxylic acids is 2. The van der Waals surface area contributed by atoms with Gasteiger partial charge in [0.25, 0.3) is 5.91 Å². The summed E-state index contributed by atoms with van der Waals surface area (Å²) in [7, 11) is 0. The van der Waals surface area contributed by atoms with Crippen LogP contribution >= 0.6 is 22.6 Å². The van der Waals surface area contributed by atoms with Crippen LogP contribution in [0, 0.1) is 3.57 Å². The van der Waals surface area contributed by atoms with Crippen LogP contribution in [0.5, 0.6) is 0 Å². The highest BCUT2D eigenvalue weighted by Crippen LogP contribution is 2.18. The smallest absolute Gasteiger partial charge is 0.252 e. The minimum Gasteiger partial charge on any atom is -0.353 e. The van der Waals surface area contributed by atoms with Gasteiger partial charge in [0.2, 0.25) is 5.91 Å². The lowest BCUT2D eigenvalue weighted by Crippen LogP contribution is -2.28. The highest BCUT2D eigenvalue weighted by molar-refractivity contribution is 14.1. The average Bonchev–Trinajstić information content (AvgIpc) is 3.19. The Balaban J connectivity index is 1.66. The fraction of sp³-hybridized carbons (Fsp3) is 0.429. The van der Waals surface area contributed by atoms with Crippen LogP contribution < -0.4 is 10.6 Å². The molecule has 0 radical (unpaired) electrons. The Morgan fingerprint density at radius 2 is 2.00 bits per heavy atom. The molecule has 19 heavy (non-hydrogen) atoms. The summed E-state index contributed by atoms with van der Waals surface area (Å²) < 4.78 is 0.934. The van der Waals surface area contributed by atoms with Gasteiger partial charge in [-0.15, -0.1) is 0 Å². The molecule has 0 atom stereocenters. The van der Waals surface area contributed by atoms with Crippen molar-refractivity contribution in [3.05, 3.63) is 33.4 Å². The monoisotopic (exact) mass is 372 g/mol. The third-order valence-corrected chi connectivity index (χ3v) is 3.87. The zero-order valence-electron chi connectivity index (χ0n) is 10.6. The predicted octanol–water partition coefficient (Wildman–Crippen LogP) is 2.08. The zero-order valence-corrected chi connectivity index (χ0v) is 12.8. The molecule has 1 saturated carbocycles. The molecule has 1 aromatic rings. The molecule has 2 N–H and O–H groups in total. The van der Waals surface area contributed by atoms with Crippen molar-refractivity contribution in [3.63, 3.8) is 0 Å². The van der Waals surface area contributed by atoms with Gasteiger partial charge in [-0.05, 0) is 54.0 Å². The number of nitrogens with one attached hydrogen (secondary N) is 2. The van der Waals surface area contributed by atoms with Gasteiger partial charge in [0, 0.05) is 22.6 Å². The lowest BCUT2D eigenvalue weighted by atomic mass is 10.2. The molecule has 0 aliphatic heterocycles. The van der Waals surface area contributed by atoms with Crippen LogP contribution in [0.25, 0.3) is 0 Å². The third kappa shape index (κ3) is 4.81. The molecule has 0 bridgehead atoms. The van der Waals surface area contributed by atoms with Crippen molar-refractivity contribution in [3.8, 4) is 0 Å². The molecule has 1 aliphatic carbocycles. The zero-order chi connectivity index (χ0) is 13.7. The van der Waals surface area contributed by atoms with Crippen LogP contribution in [-0.2, 0) is 4.79 Å². The minimum atomic E-state index is -0.0763. The van der Waals surface area contributed by atoms with Gasteiger partial charge in [-0.25, -0.2) is 0 Å². The molecule has 0 aromatic heterocycles. The third-order valence-electron chi connectivity index (χ3n) is 2.93. The largest absolute Gasteiger partial charge is 0.353 e. The van der Waals surface area contributed by atoms with Crippen molar-refractivity contribution in [1.29, 1.82) is 0 Å². The molecular formula is C14H17IN2O2. The molecule has 1 aromatic carbocycles. The summed E-state index contributed by atoms with van der Waals surface area (Å²) in [5.41, 5.74) is 0.686. The Bertz CT molecular complexity index is 472. The molecule has 0 saturated heterocycles. The summed E-state index contributed by atoms with van der Waals surface area (Å²) in [5.74, 6) is 0.0126. The van der Waals surface area contributed by atoms with Crippen molar-refractivity contribution in [2.45, 2.75) is 31.7 Å². The van der Waals surface area contributed by atoms with Gasteiger partial charge in [0.1, 0.15) is 0 Å². The van der Waals surface area contributed by atoms with Gasteiger partial charge >= 0.3 is 0 Å². The number of carbonyl (C=O) groups is 2. The van der Waals surface area contributed by atoms with E-state index in [2.05, 4.69) is 33.2 Å². The van der Waals surface area contributed by atoms with E-state index < -0.39 is 0 Å². The second kappa shape index (κ2) is 6.88. The maximum atomic E-state index is 11.9.